The van der Waals surface area contributed by atoms with Crippen LogP contribution in [0.25, 0.3) is 0 Å². The first kappa shape index (κ1) is 34.2. The summed E-state index contributed by atoms with van der Waals surface area (Å²) >= 11 is 1.66. The fourth-order valence-corrected chi connectivity index (χ4v) is 5.86. The summed E-state index contributed by atoms with van der Waals surface area (Å²) < 4.78 is 23.4. The molecular formula is C31H49N3O7S. The van der Waals surface area contributed by atoms with Gasteiger partial charge in [-0.05, 0) is 51.9 Å². The summed E-state index contributed by atoms with van der Waals surface area (Å²) in [5.41, 5.74) is 6.33. The quantitative estimate of drug-likeness (QED) is 0.184. The lowest BCUT2D eigenvalue weighted by atomic mass is 9.88. The molecule has 0 aromatic rings. The zero-order valence-corrected chi connectivity index (χ0v) is 26.7. The number of hydrogen-bond acceptors (Lipinski definition) is 8. The molecule has 0 aliphatic carbocycles. The van der Waals surface area contributed by atoms with E-state index in [0.717, 1.165) is 30.6 Å². The van der Waals surface area contributed by atoms with Crippen molar-refractivity contribution in [3.8, 4) is 0 Å². The van der Waals surface area contributed by atoms with Crippen molar-refractivity contribution < 1.29 is 33.3 Å². The smallest absolute Gasteiger partial charge is 0.410 e. The number of nitrogens with zero attached hydrogens (tertiary/aromatic N) is 1. The molecule has 0 unspecified atom stereocenters. The molecule has 42 heavy (non-hydrogen) atoms. The zero-order valence-electron chi connectivity index (χ0n) is 25.9. The number of rotatable bonds is 13. The maximum Gasteiger partial charge on any atom is 0.410 e. The summed E-state index contributed by atoms with van der Waals surface area (Å²) in [6, 6.07) is -0.109. The van der Waals surface area contributed by atoms with E-state index in [1.54, 1.807) is 31.8 Å². The van der Waals surface area contributed by atoms with Crippen LogP contribution in [-0.4, -0.2) is 97.2 Å². The molecule has 0 bridgehead atoms. The summed E-state index contributed by atoms with van der Waals surface area (Å²) in [5, 5.41) is 3.04. The highest BCUT2D eigenvalue weighted by molar-refractivity contribution is 7.98. The van der Waals surface area contributed by atoms with Crippen molar-refractivity contribution in [3.63, 3.8) is 0 Å². The molecule has 0 aromatic heterocycles. The molecular weight excluding hydrogens is 558 g/mol. The maximum absolute atomic E-state index is 12.6. The first-order valence-electron chi connectivity index (χ1n) is 14.9. The minimum Gasteiger partial charge on any atom is -0.442 e. The molecule has 3 fully saturated rings. The van der Waals surface area contributed by atoms with E-state index in [2.05, 4.69) is 31.3 Å². The number of carbonyl (C=O) groups excluding carboxylic acids is 3. The molecule has 3 amide bonds. The lowest BCUT2D eigenvalue weighted by Crippen LogP contribution is -2.50. The third-order valence-electron chi connectivity index (χ3n) is 8.06. The minimum absolute atomic E-state index is 0.0450. The van der Waals surface area contributed by atoms with Crippen LogP contribution in [0, 0.1) is 5.92 Å². The molecule has 3 heterocycles. The molecule has 236 valence electrons. The van der Waals surface area contributed by atoms with Crippen LogP contribution in [0.3, 0.4) is 0 Å². The number of primary amides is 1. The molecule has 0 aromatic carbocycles. The van der Waals surface area contributed by atoms with Crippen LogP contribution in [0.2, 0.25) is 0 Å². The van der Waals surface area contributed by atoms with E-state index in [1.165, 1.54) is 11.0 Å². The van der Waals surface area contributed by atoms with E-state index in [1.807, 2.05) is 19.3 Å². The molecule has 3 saturated heterocycles. The average Bonchev–Trinajstić information content (AvgIpc) is 3.67. The SMILES string of the molecule is CSCCN(C)C(=O)O[C@@H](C)/C=C\C(=O)N[C@@H]1C[C@H](C)[C@H](C/C=C(C)/C=C/[C@@H]2C[C@]3(CO3)C[C@@H](CC(N)=O)O2)O[C@@H]1C. The van der Waals surface area contributed by atoms with Crippen LogP contribution in [0.4, 0.5) is 4.79 Å². The van der Waals surface area contributed by atoms with Gasteiger partial charge in [-0.1, -0.05) is 30.7 Å². The summed E-state index contributed by atoms with van der Waals surface area (Å²) in [4.78, 5) is 37.6. The summed E-state index contributed by atoms with van der Waals surface area (Å²) in [6.07, 6.45) is 13.2. The van der Waals surface area contributed by atoms with Crippen LogP contribution >= 0.6 is 11.8 Å². The number of nitrogens with one attached hydrogen (secondary N) is 1. The topological polar surface area (TPSA) is 133 Å². The second-order valence-electron chi connectivity index (χ2n) is 12.0. The lowest BCUT2D eigenvalue weighted by Gasteiger charge is -2.39. The van der Waals surface area contributed by atoms with Gasteiger partial charge in [-0.2, -0.15) is 11.8 Å². The molecule has 3 N–H and O–H groups in total. The van der Waals surface area contributed by atoms with Gasteiger partial charge in [-0.25, -0.2) is 4.79 Å². The Labute approximate surface area is 254 Å². The predicted molar refractivity (Wildman–Crippen MR) is 164 cm³/mol. The van der Waals surface area contributed by atoms with Crippen molar-refractivity contribution in [1.82, 2.24) is 10.2 Å². The van der Waals surface area contributed by atoms with Gasteiger partial charge in [0.15, 0.2) is 0 Å². The van der Waals surface area contributed by atoms with Crippen LogP contribution < -0.4 is 11.1 Å². The third kappa shape index (κ3) is 11.1. The van der Waals surface area contributed by atoms with E-state index in [9.17, 15) is 14.4 Å². The first-order chi connectivity index (χ1) is 19.9. The van der Waals surface area contributed by atoms with Gasteiger partial charge in [0, 0.05) is 38.3 Å². The third-order valence-corrected chi connectivity index (χ3v) is 8.65. The Hall–Kier alpha value is -2.34. The van der Waals surface area contributed by atoms with Crippen LogP contribution in [0.1, 0.15) is 59.8 Å². The molecule has 3 rings (SSSR count). The first-order valence-corrected chi connectivity index (χ1v) is 16.3. The van der Waals surface area contributed by atoms with E-state index in [-0.39, 0.29) is 60.2 Å². The molecule has 10 nitrogen and oxygen atoms in total. The minimum atomic E-state index is -0.517. The maximum atomic E-state index is 12.6. The van der Waals surface area contributed by atoms with Gasteiger partial charge in [-0.15, -0.1) is 0 Å². The normalized spacial score (nSPS) is 32.2. The molecule has 3 aliphatic heterocycles. The van der Waals surface area contributed by atoms with Gasteiger partial charge in [0.05, 0.1) is 49.1 Å². The Morgan fingerprint density at radius 3 is 2.62 bits per heavy atom. The second kappa shape index (κ2) is 15.9. The zero-order chi connectivity index (χ0) is 30.9. The summed E-state index contributed by atoms with van der Waals surface area (Å²) in [7, 11) is 1.70. The van der Waals surface area contributed by atoms with Gasteiger partial charge in [-0.3, -0.25) is 9.59 Å². The predicted octanol–water partition coefficient (Wildman–Crippen LogP) is 3.75. The van der Waals surface area contributed by atoms with E-state index in [0.29, 0.717) is 19.6 Å². The number of amides is 3. The Kier molecular flexibility index (Phi) is 13.0. The number of nitrogens with two attached hydrogens (primary N) is 1. The van der Waals surface area contributed by atoms with E-state index < -0.39 is 12.2 Å². The summed E-state index contributed by atoms with van der Waals surface area (Å²) in [5.74, 6) is 0.494. The fraction of sp³-hybridized carbons (Fsp3) is 0.710. The molecule has 11 heteroatoms. The number of carbonyl (C=O) groups is 3. The molecule has 8 atom stereocenters. The molecule has 0 saturated carbocycles. The Bertz CT molecular complexity index is 1030. The monoisotopic (exact) mass is 607 g/mol. The van der Waals surface area contributed by atoms with Gasteiger partial charge in [0.1, 0.15) is 6.10 Å². The van der Waals surface area contributed by atoms with Gasteiger partial charge in [0.25, 0.3) is 0 Å². The number of allylic oxidation sites excluding steroid dienone is 2. The number of thioether (sulfide) groups is 1. The second-order valence-corrected chi connectivity index (χ2v) is 12.9. The number of ether oxygens (including phenoxy) is 4. The van der Waals surface area contributed by atoms with Crippen molar-refractivity contribution >= 4 is 29.7 Å². The van der Waals surface area contributed by atoms with Crippen molar-refractivity contribution in [2.24, 2.45) is 11.7 Å². The average molecular weight is 608 g/mol. The Morgan fingerprint density at radius 2 is 1.95 bits per heavy atom. The highest BCUT2D eigenvalue weighted by Gasteiger charge is 2.51. The van der Waals surface area contributed by atoms with E-state index >= 15 is 0 Å². The van der Waals surface area contributed by atoms with Crippen molar-refractivity contribution in [2.45, 2.75) is 102 Å². The van der Waals surface area contributed by atoms with Crippen LogP contribution in [0.15, 0.2) is 36.0 Å². The highest BCUT2D eigenvalue weighted by atomic mass is 32.2. The van der Waals surface area contributed by atoms with Gasteiger partial charge in [0.2, 0.25) is 11.8 Å². The van der Waals surface area contributed by atoms with Gasteiger partial charge >= 0.3 is 6.09 Å². The Balaban J connectivity index is 1.43. The molecule has 1 spiro atoms. The van der Waals surface area contributed by atoms with Gasteiger partial charge < -0.3 is 34.9 Å². The Morgan fingerprint density at radius 1 is 1.21 bits per heavy atom. The standard InChI is InChI=1S/C31H49N3O7S/c1-20(7-10-24-17-31(19-38-31)18-25(41-24)16-28(32)35)8-11-27-21(2)15-26(23(4)40-27)33-29(36)12-9-22(3)39-30(37)34(5)13-14-42-6/h7-10,12,21-27H,11,13-19H2,1-6H3,(H2,32,35)(H,33,36)/b10-7+,12-9-,20-8+/t21-,22-,23+,24+,25+,26+,27-,31+/m0/s1. The molecule has 3 aliphatic rings. The van der Waals surface area contributed by atoms with Crippen molar-refractivity contribution in [3.05, 3.63) is 36.0 Å². The largest absolute Gasteiger partial charge is 0.442 e. The van der Waals surface area contributed by atoms with Crippen LogP contribution in [0.5, 0.6) is 0 Å². The lowest BCUT2D eigenvalue weighted by molar-refractivity contribution is -0.125. The van der Waals surface area contributed by atoms with Crippen molar-refractivity contribution in [2.75, 3.05) is 32.2 Å². The fourth-order valence-electron chi connectivity index (χ4n) is 5.41. The van der Waals surface area contributed by atoms with Crippen LogP contribution in [-0.2, 0) is 28.5 Å². The number of epoxide rings is 1. The van der Waals surface area contributed by atoms with E-state index in [4.69, 9.17) is 24.7 Å². The summed E-state index contributed by atoms with van der Waals surface area (Å²) in [6.45, 7) is 9.22. The van der Waals surface area contributed by atoms with Crippen molar-refractivity contribution in [1.29, 1.82) is 0 Å². The number of hydrogen-bond donors (Lipinski definition) is 2. The highest BCUT2D eigenvalue weighted by Crippen LogP contribution is 2.43. The molecule has 0 radical (unpaired) electrons.